The fourth-order valence-electron chi connectivity index (χ4n) is 3.27. The smallest absolute Gasteiger partial charge is 0.136 e. The van der Waals surface area contributed by atoms with Crippen LogP contribution in [0.4, 0.5) is 0 Å². The molecule has 2 atom stereocenters. The summed E-state index contributed by atoms with van der Waals surface area (Å²) in [5.41, 5.74) is 3.45. The first-order valence-electron chi connectivity index (χ1n) is 8.30. The molecule has 0 bridgehead atoms. The first-order chi connectivity index (χ1) is 11.7. The lowest BCUT2D eigenvalue weighted by Crippen LogP contribution is -2.33. The van der Waals surface area contributed by atoms with Crippen molar-refractivity contribution in [2.45, 2.75) is 18.9 Å². The van der Waals surface area contributed by atoms with Gasteiger partial charge >= 0.3 is 0 Å². The number of nitriles is 1. The van der Waals surface area contributed by atoms with E-state index in [1.54, 1.807) is 7.11 Å². The van der Waals surface area contributed by atoms with E-state index in [2.05, 4.69) is 11.4 Å². The molecular weight excluding hydrogens is 300 g/mol. The number of nitrogens with one attached hydrogen (secondary N) is 1. The molecule has 0 aromatic heterocycles. The van der Waals surface area contributed by atoms with Gasteiger partial charge in [-0.25, -0.2) is 0 Å². The predicted octanol–water partition coefficient (Wildman–Crippen LogP) is 3.27. The van der Waals surface area contributed by atoms with Gasteiger partial charge in [0.2, 0.25) is 0 Å². The van der Waals surface area contributed by atoms with Crippen LogP contribution in [0.3, 0.4) is 0 Å². The predicted molar refractivity (Wildman–Crippen MR) is 93.7 cm³/mol. The maximum absolute atomic E-state index is 10.6. The molecule has 1 saturated heterocycles. The Kier molecular flexibility index (Phi) is 5.14. The summed E-state index contributed by atoms with van der Waals surface area (Å²) in [6.07, 6.45) is 1.74. The van der Waals surface area contributed by atoms with Crippen molar-refractivity contribution in [2.75, 3.05) is 20.2 Å². The largest absolute Gasteiger partial charge is 0.495 e. The Morgan fingerprint density at radius 3 is 2.58 bits per heavy atom. The molecule has 0 aliphatic carbocycles. The Hall–Kier alpha value is -2.35. The van der Waals surface area contributed by atoms with Crippen LogP contribution in [-0.4, -0.2) is 25.3 Å². The Balaban J connectivity index is 1.80. The number of aliphatic hydroxyl groups excluding tert-OH is 1. The Labute approximate surface area is 142 Å². The van der Waals surface area contributed by atoms with Gasteiger partial charge in [0.15, 0.2) is 0 Å². The maximum atomic E-state index is 10.6. The molecule has 2 aromatic carbocycles. The summed E-state index contributed by atoms with van der Waals surface area (Å²) >= 11 is 0. The number of hydrogen-bond donors (Lipinski definition) is 2. The molecule has 0 saturated carbocycles. The summed E-state index contributed by atoms with van der Waals surface area (Å²) in [6, 6.07) is 15.7. The lowest BCUT2D eigenvalue weighted by Gasteiger charge is -2.27. The monoisotopic (exact) mass is 322 g/mol. The van der Waals surface area contributed by atoms with E-state index < -0.39 is 6.10 Å². The highest BCUT2D eigenvalue weighted by molar-refractivity contribution is 5.67. The van der Waals surface area contributed by atoms with E-state index in [-0.39, 0.29) is 5.92 Å². The second kappa shape index (κ2) is 7.48. The highest BCUT2D eigenvalue weighted by Crippen LogP contribution is 2.30. The van der Waals surface area contributed by atoms with Crippen molar-refractivity contribution in [3.8, 4) is 22.9 Å². The minimum atomic E-state index is -0.433. The molecule has 1 fully saturated rings. The molecular formula is C20H22N2O2. The van der Waals surface area contributed by atoms with Gasteiger partial charge < -0.3 is 15.2 Å². The number of rotatable bonds is 4. The molecule has 2 aromatic rings. The maximum Gasteiger partial charge on any atom is 0.136 e. The number of ether oxygens (including phenoxy) is 1. The quantitative estimate of drug-likeness (QED) is 0.907. The van der Waals surface area contributed by atoms with Crippen molar-refractivity contribution in [3.05, 3.63) is 53.6 Å². The minimum absolute atomic E-state index is 0.274. The SMILES string of the molecule is COc1ccc(-c2ccc(C(O)C3CCCNC3)cc2)cc1C#N. The molecule has 2 unspecified atom stereocenters. The van der Waals surface area contributed by atoms with Crippen molar-refractivity contribution < 1.29 is 9.84 Å². The average Bonchev–Trinajstić information content (AvgIpc) is 2.67. The molecule has 1 aliphatic heterocycles. The summed E-state index contributed by atoms with van der Waals surface area (Å²) < 4.78 is 5.18. The summed E-state index contributed by atoms with van der Waals surface area (Å²) in [5.74, 6) is 0.855. The van der Waals surface area contributed by atoms with Crippen LogP contribution in [0.1, 0.15) is 30.1 Å². The molecule has 1 heterocycles. The molecule has 0 amide bonds. The first-order valence-corrected chi connectivity index (χ1v) is 8.30. The minimum Gasteiger partial charge on any atom is -0.495 e. The van der Waals surface area contributed by atoms with Crippen molar-refractivity contribution in [1.82, 2.24) is 5.32 Å². The molecule has 2 N–H and O–H groups in total. The molecule has 4 heteroatoms. The standard InChI is InChI=1S/C20H22N2O2/c1-24-19-9-8-16(11-18(19)12-21)14-4-6-15(7-5-14)20(23)17-3-2-10-22-13-17/h4-9,11,17,20,22-23H,2-3,10,13H2,1H3. The molecule has 0 radical (unpaired) electrons. The number of hydrogen-bond acceptors (Lipinski definition) is 4. The fourth-order valence-corrected chi connectivity index (χ4v) is 3.27. The van der Waals surface area contributed by atoms with Crippen LogP contribution in [0, 0.1) is 17.2 Å². The summed E-state index contributed by atoms with van der Waals surface area (Å²) in [6.45, 7) is 1.91. The normalized spacial score (nSPS) is 18.6. The van der Waals surface area contributed by atoms with Gasteiger partial charge in [0.1, 0.15) is 11.8 Å². The lowest BCUT2D eigenvalue weighted by molar-refractivity contribution is 0.0922. The summed E-state index contributed by atoms with van der Waals surface area (Å²) in [5, 5.41) is 23.1. The summed E-state index contributed by atoms with van der Waals surface area (Å²) in [7, 11) is 1.56. The highest BCUT2D eigenvalue weighted by Gasteiger charge is 2.22. The third kappa shape index (κ3) is 3.43. The molecule has 1 aliphatic rings. The van der Waals surface area contributed by atoms with Crippen LogP contribution in [-0.2, 0) is 0 Å². The van der Waals surface area contributed by atoms with Crippen LogP contribution in [0.15, 0.2) is 42.5 Å². The van der Waals surface area contributed by atoms with Gasteiger partial charge in [0.05, 0.1) is 18.8 Å². The number of nitrogens with zero attached hydrogens (tertiary/aromatic N) is 1. The van der Waals surface area contributed by atoms with Crippen LogP contribution >= 0.6 is 0 Å². The molecule has 4 nitrogen and oxygen atoms in total. The Morgan fingerprint density at radius 2 is 1.96 bits per heavy atom. The van der Waals surface area contributed by atoms with Crippen LogP contribution < -0.4 is 10.1 Å². The summed E-state index contributed by atoms with van der Waals surface area (Å²) in [4.78, 5) is 0. The third-order valence-corrected chi connectivity index (χ3v) is 4.69. The molecule has 0 spiro atoms. The Morgan fingerprint density at radius 1 is 1.21 bits per heavy atom. The molecule has 3 rings (SSSR count). The lowest BCUT2D eigenvalue weighted by atomic mass is 9.89. The molecule has 24 heavy (non-hydrogen) atoms. The molecule has 124 valence electrons. The average molecular weight is 322 g/mol. The number of aliphatic hydroxyl groups is 1. The van der Waals surface area contributed by atoms with Crippen LogP contribution in [0.25, 0.3) is 11.1 Å². The van der Waals surface area contributed by atoms with E-state index in [9.17, 15) is 10.4 Å². The topological polar surface area (TPSA) is 65.3 Å². The van der Waals surface area contributed by atoms with Crippen molar-refractivity contribution in [1.29, 1.82) is 5.26 Å². The zero-order valence-corrected chi connectivity index (χ0v) is 13.8. The number of methoxy groups -OCH3 is 1. The van der Waals surface area contributed by atoms with Crippen LogP contribution in [0.5, 0.6) is 5.75 Å². The highest BCUT2D eigenvalue weighted by atomic mass is 16.5. The zero-order valence-electron chi connectivity index (χ0n) is 13.8. The van der Waals surface area contributed by atoms with Gasteiger partial charge in [-0.2, -0.15) is 5.26 Å². The fraction of sp³-hybridized carbons (Fsp3) is 0.350. The second-order valence-corrected chi connectivity index (χ2v) is 6.20. The third-order valence-electron chi connectivity index (χ3n) is 4.69. The van der Waals surface area contributed by atoms with Gasteiger partial charge in [-0.3, -0.25) is 0 Å². The van der Waals surface area contributed by atoms with Gasteiger partial charge in [0, 0.05) is 12.5 Å². The van der Waals surface area contributed by atoms with E-state index in [1.807, 2.05) is 42.5 Å². The van der Waals surface area contributed by atoms with E-state index in [0.29, 0.717) is 11.3 Å². The Bertz CT molecular complexity index is 728. The van der Waals surface area contributed by atoms with E-state index in [4.69, 9.17) is 4.74 Å². The van der Waals surface area contributed by atoms with Crippen molar-refractivity contribution >= 4 is 0 Å². The number of benzene rings is 2. The second-order valence-electron chi connectivity index (χ2n) is 6.20. The van der Waals surface area contributed by atoms with Gasteiger partial charge in [-0.1, -0.05) is 30.3 Å². The number of piperidine rings is 1. The van der Waals surface area contributed by atoms with Gasteiger partial charge in [0.25, 0.3) is 0 Å². The van der Waals surface area contributed by atoms with E-state index in [1.165, 1.54) is 0 Å². The van der Waals surface area contributed by atoms with E-state index in [0.717, 1.165) is 42.6 Å². The van der Waals surface area contributed by atoms with Gasteiger partial charge in [-0.15, -0.1) is 0 Å². The van der Waals surface area contributed by atoms with E-state index >= 15 is 0 Å². The van der Waals surface area contributed by atoms with Crippen molar-refractivity contribution in [3.63, 3.8) is 0 Å². The van der Waals surface area contributed by atoms with Gasteiger partial charge in [-0.05, 0) is 48.2 Å². The zero-order chi connectivity index (χ0) is 16.9. The van der Waals surface area contributed by atoms with Crippen molar-refractivity contribution in [2.24, 2.45) is 5.92 Å². The first kappa shape index (κ1) is 16.5. The van der Waals surface area contributed by atoms with Crippen LogP contribution in [0.2, 0.25) is 0 Å².